The van der Waals surface area contributed by atoms with Gasteiger partial charge in [-0.2, -0.15) is 8.42 Å². The molecule has 0 aromatic heterocycles. The Hall–Kier alpha value is -0.900. The van der Waals surface area contributed by atoms with E-state index in [0.29, 0.717) is 18.3 Å². The summed E-state index contributed by atoms with van der Waals surface area (Å²) in [6.07, 6.45) is 12.2. The second-order valence-electron chi connectivity index (χ2n) is 12.3. The zero-order chi connectivity index (χ0) is 30.1. The van der Waals surface area contributed by atoms with E-state index in [2.05, 4.69) is 39.0 Å². The molecule has 0 aliphatic heterocycles. The van der Waals surface area contributed by atoms with Crippen LogP contribution < -0.4 is 0 Å². The maximum atomic E-state index is 12.7. The molecule has 5 nitrogen and oxygen atoms in total. The molecule has 0 N–H and O–H groups in total. The molecule has 0 heterocycles. The van der Waals surface area contributed by atoms with Crippen molar-refractivity contribution in [3.8, 4) is 0 Å². The van der Waals surface area contributed by atoms with Crippen molar-refractivity contribution in [2.24, 2.45) is 28.6 Å². The second-order valence-corrected chi connectivity index (χ2v) is 14.7. The maximum absolute atomic E-state index is 12.7. The third-order valence-corrected chi connectivity index (χ3v) is 12.3. The van der Waals surface area contributed by atoms with Gasteiger partial charge in [-0.1, -0.05) is 97.2 Å². The van der Waals surface area contributed by atoms with E-state index in [1.807, 2.05) is 6.92 Å². The van der Waals surface area contributed by atoms with Gasteiger partial charge in [-0.05, 0) is 77.0 Å². The zero-order valence-corrected chi connectivity index (χ0v) is 26.2. The molecule has 2 unspecified atom stereocenters. The molecule has 4 aliphatic carbocycles. The number of hydrogen-bond acceptors (Lipinski definition) is 7. The van der Waals surface area contributed by atoms with Crippen molar-refractivity contribution in [1.82, 2.24) is 0 Å². The van der Waals surface area contributed by atoms with Gasteiger partial charge in [0.15, 0.2) is 0 Å². The van der Waals surface area contributed by atoms with Gasteiger partial charge in [-0.3, -0.25) is 4.18 Å². The Morgan fingerprint density at radius 1 is 1.12 bits per heavy atom. The van der Waals surface area contributed by atoms with Crippen molar-refractivity contribution < 1.29 is 21.0 Å². The van der Waals surface area contributed by atoms with Crippen LogP contribution in [0.4, 0.5) is 0 Å². The van der Waals surface area contributed by atoms with Crippen LogP contribution in [0.5, 0.6) is 0 Å². The third-order valence-electron chi connectivity index (χ3n) is 10.2. The lowest BCUT2D eigenvalue weighted by atomic mass is 9.49. The number of benzene rings is 1. The Kier molecular flexibility index (Phi) is 8.37. The van der Waals surface area contributed by atoms with E-state index in [4.69, 9.17) is 15.2 Å². The van der Waals surface area contributed by atoms with Crippen LogP contribution in [-0.2, 0) is 22.7 Å². The van der Waals surface area contributed by atoms with Gasteiger partial charge in [0.2, 0.25) is 14.2 Å². The minimum Gasteiger partial charge on any atom is -0.324 e. The quantitative estimate of drug-likeness (QED) is 0.118. The first-order chi connectivity index (χ1) is 20.0. The van der Waals surface area contributed by atoms with Gasteiger partial charge in [-0.15, -0.1) is 0 Å². The van der Waals surface area contributed by atoms with Gasteiger partial charge < -0.3 is 8.37 Å². The molecule has 2 saturated carbocycles. The van der Waals surface area contributed by atoms with Crippen LogP contribution >= 0.6 is 23.8 Å². The summed E-state index contributed by atoms with van der Waals surface area (Å²) in [5.41, 5.74) is 5.12. The zero-order valence-electron chi connectivity index (χ0n) is 25.8. The summed E-state index contributed by atoms with van der Waals surface area (Å²) in [7, 11) is -1.32. The molecule has 0 amide bonds. The van der Waals surface area contributed by atoms with E-state index >= 15 is 0 Å². The predicted octanol–water partition coefficient (Wildman–Crippen LogP) is 6.45. The average Bonchev–Trinajstić information content (AvgIpc) is 3.32. The van der Waals surface area contributed by atoms with Crippen molar-refractivity contribution in [2.45, 2.75) is 83.3 Å². The van der Waals surface area contributed by atoms with Crippen molar-refractivity contribution in [3.05, 3.63) is 64.8 Å². The molecule has 40 heavy (non-hydrogen) atoms. The van der Waals surface area contributed by atoms with Gasteiger partial charge in [0, 0.05) is 11.8 Å². The molecule has 2 fully saturated rings. The van der Waals surface area contributed by atoms with Gasteiger partial charge >= 0.3 is 0 Å². The summed E-state index contributed by atoms with van der Waals surface area (Å²) in [5.74, 6) is 0.975. The van der Waals surface area contributed by atoms with Crippen molar-refractivity contribution in [1.29, 1.82) is 2.67 Å². The monoisotopic (exact) mass is 602 g/mol. The lowest BCUT2D eigenvalue weighted by Gasteiger charge is -2.57. The molecule has 214 valence electrons. The van der Waals surface area contributed by atoms with Crippen LogP contribution in [0.2, 0.25) is 0 Å². The maximum Gasteiger partial charge on any atom is 0.296 e. The molecule has 10 heteroatoms. The summed E-state index contributed by atoms with van der Waals surface area (Å²) in [5, 5.41) is 0. The van der Waals surface area contributed by atoms with Crippen molar-refractivity contribution >= 4 is 48.1 Å². The number of hydrogen-bond donors (Lipinski definition) is 0. The Balaban J connectivity index is 1.29. The molecule has 0 bridgehead atoms. The Labute approximate surface area is 254 Å². The van der Waals surface area contributed by atoms with Crippen LogP contribution in [0.15, 0.2) is 64.1 Å². The minimum atomic E-state index is -3.77. The predicted molar refractivity (Wildman–Crippen MR) is 168 cm³/mol. The van der Waals surface area contributed by atoms with Crippen LogP contribution in [0.3, 0.4) is 0 Å². The van der Waals surface area contributed by atoms with Gasteiger partial charge in [-0.25, -0.2) is 0 Å². The second kappa shape index (κ2) is 12.0. The molecule has 5 rings (SSSR count). The van der Waals surface area contributed by atoms with Crippen LogP contribution in [0, 0.1) is 35.5 Å². The highest BCUT2D eigenvalue weighted by Gasteiger charge is 2.58. The molecule has 7 atom stereocenters. The van der Waals surface area contributed by atoms with Crippen molar-refractivity contribution in [2.75, 3.05) is 6.61 Å². The number of fused-ring (bicyclic) bond motifs is 5. The van der Waals surface area contributed by atoms with Gasteiger partial charge in [0.25, 0.3) is 10.1 Å². The smallest absolute Gasteiger partial charge is 0.296 e. The summed E-state index contributed by atoms with van der Waals surface area (Å²) in [4.78, 5) is 0.201. The molecule has 1 aromatic rings. The first kappa shape index (κ1) is 27.9. The normalized spacial score (nSPS) is 34.6. The van der Waals surface area contributed by atoms with E-state index in [0.717, 1.165) is 61.5 Å². The van der Waals surface area contributed by atoms with Crippen LogP contribution in [0.1, 0.15) is 64.9 Å². The first-order valence-electron chi connectivity index (χ1n) is 15.3. The Morgan fingerprint density at radius 3 is 2.62 bits per heavy atom. The largest absolute Gasteiger partial charge is 0.324 e. The molecular formula is C30H40B2O5S3. The SMILES string of the molecule is [3H][B]SO[C@H]1CC2=CC=C3C(CC[C@]4(C)C([C@@H](C)CCOS(=O)(=O)c5ccc(C)cc5)=CCC34)[C@@]2(C)[C@@H](OS[B][3H])C1. The topological polar surface area (TPSA) is 61.8 Å². The molecule has 2 radical (unpaired) electrons. The Bertz CT molecular complexity index is 1340. The molecule has 0 saturated heterocycles. The van der Waals surface area contributed by atoms with Gasteiger partial charge in [0.1, 0.15) is 0 Å². The average molecular weight is 602 g/mol. The third kappa shape index (κ3) is 5.46. The standard InChI is InChI=1S/C30H40B2O5S3/c1-19-5-8-23(9-6-19)40(33,34)35-16-14-20(2)25-11-12-26-24-10-7-21-17-22(36-38-31)18-28(37-39-32)30(21,4)27(24)13-15-29(25,26)3/h5-11,20,22,26-28,31-32H,12-18H2,1-4H3/t20-,22-,26?,27?,28-,29+,30-/m0/s1/i31T,32T. The summed E-state index contributed by atoms with van der Waals surface area (Å²) >= 11 is 2.15. The highest BCUT2D eigenvalue weighted by atomic mass is 32.2. The molecule has 1 aromatic carbocycles. The van der Waals surface area contributed by atoms with E-state index in [1.165, 1.54) is 30.9 Å². The van der Waals surface area contributed by atoms with Crippen LogP contribution in [-0.4, -0.2) is 44.1 Å². The van der Waals surface area contributed by atoms with Crippen molar-refractivity contribution in [3.63, 3.8) is 0 Å². The fraction of sp³-hybridized carbons (Fsp3) is 0.600. The highest BCUT2D eigenvalue weighted by molar-refractivity contribution is 8.16. The van der Waals surface area contributed by atoms with E-state index in [-0.39, 0.29) is 40.5 Å². The molecular weight excluding hydrogens is 558 g/mol. The Morgan fingerprint density at radius 2 is 1.88 bits per heavy atom. The fourth-order valence-corrected chi connectivity index (χ4v) is 9.65. The lowest BCUT2D eigenvalue weighted by Crippen LogP contribution is -2.52. The summed E-state index contributed by atoms with van der Waals surface area (Å²) < 4.78 is 57.9. The highest BCUT2D eigenvalue weighted by Crippen LogP contribution is 2.65. The lowest BCUT2D eigenvalue weighted by molar-refractivity contribution is -0.0153. The minimum absolute atomic E-state index is 0.0280. The summed E-state index contributed by atoms with van der Waals surface area (Å²) in [6.45, 7) is 9.03. The van der Waals surface area contributed by atoms with E-state index < -0.39 is 10.1 Å². The number of aryl methyl sites for hydroxylation is 1. The molecule has 4 aliphatic rings. The summed E-state index contributed by atoms with van der Waals surface area (Å²) in [6, 6.07) is 6.78. The number of allylic oxidation sites excluding steroid dienone is 5. The number of rotatable bonds is 12. The van der Waals surface area contributed by atoms with Crippen LogP contribution in [0.25, 0.3) is 0 Å². The fourth-order valence-electron chi connectivity index (χ4n) is 8.01. The van der Waals surface area contributed by atoms with Gasteiger partial charge in [0.05, 0.1) is 23.7 Å². The first-order valence-corrected chi connectivity index (χ1v) is 17.2. The van der Waals surface area contributed by atoms with E-state index in [9.17, 15) is 8.42 Å². The van der Waals surface area contributed by atoms with E-state index in [1.54, 1.807) is 24.3 Å². The molecule has 0 spiro atoms.